The van der Waals surface area contributed by atoms with Crippen LogP contribution >= 0.6 is 11.8 Å². The van der Waals surface area contributed by atoms with Crippen LogP contribution in [0.3, 0.4) is 0 Å². The zero-order chi connectivity index (χ0) is 28.0. The lowest BCUT2D eigenvalue weighted by molar-refractivity contribution is -0.129. The summed E-state index contributed by atoms with van der Waals surface area (Å²) in [6, 6.07) is 6.22. The smallest absolute Gasteiger partial charge is 0.316 e. The van der Waals surface area contributed by atoms with Gasteiger partial charge >= 0.3 is 6.03 Å². The molecule has 0 aromatic heterocycles. The largest absolute Gasteiger partial charge is 0.356 e. The van der Waals surface area contributed by atoms with Crippen molar-refractivity contribution in [2.24, 2.45) is 5.11 Å². The van der Waals surface area contributed by atoms with Crippen LogP contribution in [0.2, 0.25) is 0 Å². The number of rotatable bonds is 16. The first-order valence-corrected chi connectivity index (χ1v) is 14.5. The Morgan fingerprint density at radius 1 is 1.08 bits per heavy atom. The maximum atomic E-state index is 13.0. The third-order valence-corrected chi connectivity index (χ3v) is 8.24. The fraction of sp³-hybridized carbons (Fsp3) is 0.615. The second kappa shape index (κ2) is 15.8. The first-order valence-electron chi connectivity index (χ1n) is 13.6. The maximum Gasteiger partial charge on any atom is 0.316 e. The average molecular weight is 559 g/mol. The van der Waals surface area contributed by atoms with E-state index in [9.17, 15) is 19.2 Å². The van der Waals surface area contributed by atoms with Gasteiger partial charge < -0.3 is 26.6 Å². The van der Waals surface area contributed by atoms with E-state index in [0.29, 0.717) is 62.6 Å². The molecular formula is C26H38N8O4S. The molecule has 0 saturated carbocycles. The number of carbonyl (C=O) groups is 4. The lowest BCUT2D eigenvalue weighted by Crippen LogP contribution is -2.48. The molecule has 5 N–H and O–H groups in total. The van der Waals surface area contributed by atoms with Gasteiger partial charge in [0.2, 0.25) is 17.7 Å². The van der Waals surface area contributed by atoms with Crippen LogP contribution in [-0.2, 0) is 20.8 Å². The number of fused-ring (bicyclic) bond motifs is 1. The molecule has 2 fully saturated rings. The predicted octanol–water partition coefficient (Wildman–Crippen LogP) is 3.15. The van der Waals surface area contributed by atoms with Crippen LogP contribution in [0.5, 0.6) is 0 Å². The molecule has 0 spiro atoms. The van der Waals surface area contributed by atoms with Crippen molar-refractivity contribution < 1.29 is 19.2 Å². The molecule has 4 unspecified atom stereocenters. The first kappa shape index (κ1) is 30.1. The fourth-order valence-electron chi connectivity index (χ4n) is 4.71. The van der Waals surface area contributed by atoms with Crippen molar-refractivity contribution in [1.82, 2.24) is 26.6 Å². The van der Waals surface area contributed by atoms with E-state index in [0.717, 1.165) is 24.8 Å². The molecule has 2 saturated heterocycles. The van der Waals surface area contributed by atoms with Gasteiger partial charge in [0.1, 0.15) is 6.04 Å². The van der Waals surface area contributed by atoms with Crippen molar-refractivity contribution in [3.8, 4) is 0 Å². The zero-order valence-electron chi connectivity index (χ0n) is 22.3. The minimum Gasteiger partial charge on any atom is -0.356 e. The number of nitrogens with zero attached hydrogens (tertiary/aromatic N) is 3. The Labute approximate surface area is 232 Å². The summed E-state index contributed by atoms with van der Waals surface area (Å²) < 4.78 is 0. The third-order valence-electron chi connectivity index (χ3n) is 6.68. The van der Waals surface area contributed by atoms with Crippen LogP contribution in [0.1, 0.15) is 63.9 Å². The zero-order valence-corrected chi connectivity index (χ0v) is 23.1. The molecule has 2 aliphatic heterocycles. The molecule has 2 heterocycles. The third kappa shape index (κ3) is 10.3. The lowest BCUT2D eigenvalue weighted by Gasteiger charge is -2.19. The summed E-state index contributed by atoms with van der Waals surface area (Å²) in [6.07, 6.45) is 5.86. The number of hydrogen-bond donors (Lipinski definition) is 5. The molecule has 39 heavy (non-hydrogen) atoms. The van der Waals surface area contributed by atoms with E-state index in [1.165, 1.54) is 0 Å². The minimum atomic E-state index is -0.745. The number of amides is 5. The van der Waals surface area contributed by atoms with E-state index >= 15 is 0 Å². The van der Waals surface area contributed by atoms with Crippen molar-refractivity contribution in [3.05, 3.63) is 40.3 Å². The number of azide groups is 1. The summed E-state index contributed by atoms with van der Waals surface area (Å²) in [5, 5.41) is 18.5. The monoisotopic (exact) mass is 558 g/mol. The number of hydrogen-bond acceptors (Lipinski definition) is 6. The molecule has 13 heteroatoms. The van der Waals surface area contributed by atoms with Crippen molar-refractivity contribution in [3.63, 3.8) is 0 Å². The molecule has 12 nitrogen and oxygen atoms in total. The molecule has 212 valence electrons. The standard InChI is InChI=1S/C26H38N8O4S/c1-2-28-22(35)8-5-6-14-29-24(37)20(15-17-10-12-18(13-11-17)33-34-27)30-23(36)9-4-3-7-19-16-21-25(39-19)32-26(38)31-21/h10-13,19-21,25H,2-9,14-16H2,1H3,(H,28,35)(H,29,37)(H,30,36)(H2,31,32,38). The summed E-state index contributed by atoms with van der Waals surface area (Å²) in [5.74, 6) is -0.457. The molecule has 4 atom stereocenters. The SMILES string of the molecule is CCNC(=O)CCCCNC(=O)C(Cc1ccc(N=[N+]=[N-])cc1)NC(=O)CCCCC1CC2NC(=O)NC2S1. The van der Waals surface area contributed by atoms with E-state index in [4.69, 9.17) is 5.53 Å². The molecule has 3 rings (SSSR count). The topological polar surface area (TPSA) is 177 Å². The van der Waals surface area contributed by atoms with Crippen LogP contribution in [0, 0.1) is 0 Å². The number of carbonyl (C=O) groups excluding carboxylic acids is 4. The van der Waals surface area contributed by atoms with Gasteiger partial charge in [0.15, 0.2) is 0 Å². The van der Waals surface area contributed by atoms with Gasteiger partial charge in [0, 0.05) is 48.2 Å². The summed E-state index contributed by atoms with van der Waals surface area (Å²) in [7, 11) is 0. The average Bonchev–Trinajstić information content (AvgIpc) is 3.44. The number of nitrogens with one attached hydrogen (secondary N) is 5. The molecule has 0 aliphatic carbocycles. The van der Waals surface area contributed by atoms with E-state index in [-0.39, 0.29) is 35.2 Å². The minimum absolute atomic E-state index is 0.00374. The summed E-state index contributed by atoms with van der Waals surface area (Å²) >= 11 is 1.78. The van der Waals surface area contributed by atoms with Crippen LogP contribution in [0.15, 0.2) is 29.4 Å². The second-order valence-electron chi connectivity index (χ2n) is 9.77. The van der Waals surface area contributed by atoms with Crippen molar-refractivity contribution in [1.29, 1.82) is 0 Å². The van der Waals surface area contributed by atoms with Crippen molar-refractivity contribution in [2.75, 3.05) is 13.1 Å². The predicted molar refractivity (Wildman–Crippen MR) is 150 cm³/mol. The molecule has 1 aromatic carbocycles. The van der Waals surface area contributed by atoms with Gasteiger partial charge in [0.25, 0.3) is 0 Å². The van der Waals surface area contributed by atoms with E-state index < -0.39 is 6.04 Å². The highest BCUT2D eigenvalue weighted by Gasteiger charge is 2.40. The summed E-state index contributed by atoms with van der Waals surface area (Å²) in [4.78, 5) is 51.4. The molecule has 5 amide bonds. The molecule has 2 aliphatic rings. The first-order chi connectivity index (χ1) is 18.9. The van der Waals surface area contributed by atoms with Gasteiger partial charge in [-0.25, -0.2) is 4.79 Å². The van der Waals surface area contributed by atoms with Crippen molar-refractivity contribution in [2.45, 2.75) is 87.4 Å². The van der Waals surface area contributed by atoms with Gasteiger partial charge in [-0.3, -0.25) is 14.4 Å². The van der Waals surface area contributed by atoms with Gasteiger partial charge in [-0.05, 0) is 50.1 Å². The quantitative estimate of drug-likeness (QED) is 0.0904. The van der Waals surface area contributed by atoms with Gasteiger partial charge in [-0.15, -0.1) is 11.8 Å². The number of unbranched alkanes of at least 4 members (excludes halogenated alkanes) is 2. The van der Waals surface area contributed by atoms with Crippen LogP contribution in [0.4, 0.5) is 10.5 Å². The summed E-state index contributed by atoms with van der Waals surface area (Å²) in [6.45, 7) is 2.88. The highest BCUT2D eigenvalue weighted by Crippen LogP contribution is 2.37. The highest BCUT2D eigenvalue weighted by molar-refractivity contribution is 8.00. The number of benzene rings is 1. The normalized spacial score (nSPS) is 20.1. The lowest BCUT2D eigenvalue weighted by atomic mass is 10.0. The number of thioether (sulfide) groups is 1. The molecular weight excluding hydrogens is 520 g/mol. The second-order valence-corrected chi connectivity index (χ2v) is 11.2. The Bertz CT molecular complexity index is 1030. The van der Waals surface area contributed by atoms with Crippen LogP contribution in [0.25, 0.3) is 10.4 Å². The summed E-state index contributed by atoms with van der Waals surface area (Å²) in [5.41, 5.74) is 9.90. The maximum absolute atomic E-state index is 13.0. The Morgan fingerprint density at radius 2 is 1.82 bits per heavy atom. The van der Waals surface area contributed by atoms with Crippen molar-refractivity contribution >= 4 is 41.2 Å². The van der Waals surface area contributed by atoms with E-state index in [1.54, 1.807) is 36.0 Å². The van der Waals surface area contributed by atoms with Gasteiger partial charge in [-0.1, -0.05) is 35.8 Å². The molecule has 1 aromatic rings. The van der Waals surface area contributed by atoms with Gasteiger partial charge in [-0.2, -0.15) is 0 Å². The Kier molecular flexibility index (Phi) is 12.2. The van der Waals surface area contributed by atoms with Crippen LogP contribution in [-0.4, -0.2) is 59.5 Å². The van der Waals surface area contributed by atoms with E-state index in [2.05, 4.69) is 36.6 Å². The van der Waals surface area contributed by atoms with Crippen LogP contribution < -0.4 is 26.6 Å². The Balaban J connectivity index is 1.44. The fourth-order valence-corrected chi connectivity index (χ4v) is 6.29. The Hall–Kier alpha value is -3.44. The molecule has 0 bridgehead atoms. The Morgan fingerprint density at radius 3 is 2.54 bits per heavy atom. The number of urea groups is 1. The van der Waals surface area contributed by atoms with Gasteiger partial charge in [0.05, 0.1) is 11.4 Å². The highest BCUT2D eigenvalue weighted by atomic mass is 32.2. The van der Waals surface area contributed by atoms with E-state index in [1.807, 2.05) is 6.92 Å². The molecule has 0 radical (unpaired) electrons.